The summed E-state index contributed by atoms with van der Waals surface area (Å²) in [5.41, 5.74) is 0.166. The molecule has 2 aromatic rings. The normalized spacial score (nSPS) is 22.1. The molecule has 7 heteroatoms. The van der Waals surface area contributed by atoms with Crippen molar-refractivity contribution < 1.29 is 9.53 Å². The number of carbonyl (C=O) groups excluding carboxylic acids is 1. The van der Waals surface area contributed by atoms with E-state index in [4.69, 9.17) is 4.74 Å². The lowest BCUT2D eigenvalue weighted by atomic mass is 10.0. The van der Waals surface area contributed by atoms with Crippen LogP contribution in [-0.4, -0.2) is 23.1 Å². The molecule has 0 saturated carbocycles. The molecular formula is C13H13BrN2O2S2. The van der Waals surface area contributed by atoms with Gasteiger partial charge in [0.2, 0.25) is 0 Å². The first-order valence-electron chi connectivity index (χ1n) is 6.23. The van der Waals surface area contributed by atoms with E-state index in [1.54, 1.807) is 11.3 Å². The van der Waals surface area contributed by atoms with Crippen LogP contribution in [-0.2, 0) is 9.53 Å². The maximum atomic E-state index is 12.2. The highest BCUT2D eigenvalue weighted by molar-refractivity contribution is 9.10. The van der Waals surface area contributed by atoms with Gasteiger partial charge in [-0.15, -0.1) is 22.7 Å². The average molecular weight is 373 g/mol. The SMILES string of the molecule is CC1(C(=O)Nc2nc(-c3sccc3Br)cs2)CCCO1. The van der Waals surface area contributed by atoms with Crippen LogP contribution in [0.2, 0.25) is 0 Å². The van der Waals surface area contributed by atoms with Crippen LogP contribution in [0.5, 0.6) is 0 Å². The fourth-order valence-corrected chi connectivity index (χ4v) is 4.41. The summed E-state index contributed by atoms with van der Waals surface area (Å²) in [5, 5.41) is 7.42. The van der Waals surface area contributed by atoms with E-state index in [1.165, 1.54) is 11.3 Å². The van der Waals surface area contributed by atoms with Gasteiger partial charge in [-0.25, -0.2) is 4.98 Å². The maximum absolute atomic E-state index is 12.2. The molecule has 0 radical (unpaired) electrons. The van der Waals surface area contributed by atoms with Gasteiger partial charge in [-0.05, 0) is 47.1 Å². The third-order valence-electron chi connectivity index (χ3n) is 3.27. The van der Waals surface area contributed by atoms with Gasteiger partial charge in [-0.1, -0.05) is 0 Å². The maximum Gasteiger partial charge on any atom is 0.258 e. The second kappa shape index (κ2) is 5.55. The lowest BCUT2D eigenvalue weighted by Crippen LogP contribution is -2.39. The second-order valence-electron chi connectivity index (χ2n) is 4.77. The minimum atomic E-state index is -0.713. The van der Waals surface area contributed by atoms with Crippen molar-refractivity contribution in [3.05, 3.63) is 21.3 Å². The van der Waals surface area contributed by atoms with E-state index in [1.807, 2.05) is 23.8 Å². The number of thiophene rings is 1. The van der Waals surface area contributed by atoms with Gasteiger partial charge in [0.1, 0.15) is 5.60 Å². The van der Waals surface area contributed by atoms with Crippen LogP contribution in [0.25, 0.3) is 10.6 Å². The van der Waals surface area contributed by atoms with Crippen molar-refractivity contribution in [3.63, 3.8) is 0 Å². The van der Waals surface area contributed by atoms with E-state index in [0.29, 0.717) is 11.7 Å². The third kappa shape index (κ3) is 2.67. The summed E-state index contributed by atoms with van der Waals surface area (Å²) >= 11 is 6.54. The largest absolute Gasteiger partial charge is 0.365 e. The van der Waals surface area contributed by atoms with E-state index in [2.05, 4.69) is 26.2 Å². The Morgan fingerprint density at radius 2 is 2.40 bits per heavy atom. The molecule has 1 atom stereocenters. The minimum Gasteiger partial charge on any atom is -0.365 e. The second-order valence-corrected chi connectivity index (χ2v) is 7.40. The standard InChI is InChI=1S/C13H13BrN2O2S2/c1-13(4-2-5-18-13)11(17)16-12-15-9(7-20-12)10-8(14)3-6-19-10/h3,6-7H,2,4-5H2,1H3,(H,15,16,17). The molecule has 1 saturated heterocycles. The van der Waals surface area contributed by atoms with E-state index >= 15 is 0 Å². The molecule has 106 valence electrons. The van der Waals surface area contributed by atoms with Crippen LogP contribution >= 0.6 is 38.6 Å². The van der Waals surface area contributed by atoms with Crippen molar-refractivity contribution in [1.29, 1.82) is 0 Å². The number of hydrogen-bond donors (Lipinski definition) is 1. The predicted molar refractivity (Wildman–Crippen MR) is 85.3 cm³/mol. The summed E-state index contributed by atoms with van der Waals surface area (Å²) in [5.74, 6) is -0.110. The number of aromatic nitrogens is 1. The molecule has 1 aliphatic rings. The summed E-state index contributed by atoms with van der Waals surface area (Å²) in [7, 11) is 0. The number of anilines is 1. The molecule has 0 aromatic carbocycles. The Labute approximate surface area is 133 Å². The Balaban J connectivity index is 1.75. The molecule has 0 spiro atoms. The summed E-state index contributed by atoms with van der Waals surface area (Å²) < 4.78 is 6.56. The van der Waals surface area contributed by atoms with Crippen molar-refractivity contribution in [2.75, 3.05) is 11.9 Å². The molecule has 1 fully saturated rings. The molecule has 0 bridgehead atoms. The minimum absolute atomic E-state index is 0.110. The molecule has 1 N–H and O–H groups in total. The van der Waals surface area contributed by atoms with Crippen molar-refractivity contribution in [1.82, 2.24) is 4.98 Å². The van der Waals surface area contributed by atoms with E-state index in [0.717, 1.165) is 27.9 Å². The van der Waals surface area contributed by atoms with E-state index < -0.39 is 5.60 Å². The zero-order valence-corrected chi connectivity index (χ0v) is 14.0. The third-order valence-corrected chi connectivity index (χ3v) is 5.89. The fraction of sp³-hybridized carbons (Fsp3) is 0.385. The number of thiazole rings is 1. The number of nitrogens with zero attached hydrogens (tertiary/aromatic N) is 1. The summed E-state index contributed by atoms with van der Waals surface area (Å²) in [6.45, 7) is 2.48. The highest BCUT2D eigenvalue weighted by Gasteiger charge is 2.38. The van der Waals surface area contributed by atoms with Crippen LogP contribution < -0.4 is 5.32 Å². The molecule has 3 heterocycles. The zero-order valence-electron chi connectivity index (χ0n) is 10.8. The smallest absolute Gasteiger partial charge is 0.258 e. The van der Waals surface area contributed by atoms with Crippen LogP contribution in [0.15, 0.2) is 21.3 Å². The van der Waals surface area contributed by atoms with Crippen molar-refractivity contribution in [2.24, 2.45) is 0 Å². The Hall–Kier alpha value is -0.760. The predicted octanol–water partition coefficient (Wildman–Crippen LogP) is 4.14. The molecule has 1 unspecified atom stereocenters. The van der Waals surface area contributed by atoms with Gasteiger partial charge in [0, 0.05) is 16.5 Å². The number of nitrogens with one attached hydrogen (secondary N) is 1. The fourth-order valence-electron chi connectivity index (χ4n) is 2.10. The van der Waals surface area contributed by atoms with Gasteiger partial charge in [0.25, 0.3) is 5.91 Å². The first-order valence-corrected chi connectivity index (χ1v) is 8.78. The molecule has 1 aliphatic heterocycles. The van der Waals surface area contributed by atoms with Gasteiger partial charge < -0.3 is 4.74 Å². The van der Waals surface area contributed by atoms with Crippen molar-refractivity contribution in [2.45, 2.75) is 25.4 Å². The Morgan fingerprint density at radius 3 is 3.05 bits per heavy atom. The monoisotopic (exact) mass is 372 g/mol. The zero-order chi connectivity index (χ0) is 14.2. The molecule has 20 heavy (non-hydrogen) atoms. The van der Waals surface area contributed by atoms with Crippen LogP contribution in [0.3, 0.4) is 0 Å². The van der Waals surface area contributed by atoms with Crippen LogP contribution in [0.1, 0.15) is 19.8 Å². The lowest BCUT2D eigenvalue weighted by Gasteiger charge is -2.20. The van der Waals surface area contributed by atoms with Gasteiger partial charge >= 0.3 is 0 Å². The summed E-state index contributed by atoms with van der Waals surface area (Å²) in [6.07, 6.45) is 1.68. The van der Waals surface area contributed by atoms with Crippen molar-refractivity contribution >= 4 is 49.6 Å². The molecule has 2 aromatic heterocycles. The average Bonchev–Trinajstić information content (AvgIpc) is 3.11. The first-order chi connectivity index (χ1) is 9.58. The van der Waals surface area contributed by atoms with Gasteiger partial charge in [0.05, 0.1) is 10.6 Å². The number of carbonyl (C=O) groups is 1. The molecular weight excluding hydrogens is 360 g/mol. The van der Waals surface area contributed by atoms with Crippen LogP contribution in [0.4, 0.5) is 5.13 Å². The molecule has 1 amide bonds. The summed E-state index contributed by atoms with van der Waals surface area (Å²) in [6, 6.07) is 1.99. The molecule has 4 nitrogen and oxygen atoms in total. The quantitative estimate of drug-likeness (QED) is 0.880. The Kier molecular flexibility index (Phi) is 3.94. The number of rotatable bonds is 3. The van der Waals surface area contributed by atoms with Crippen LogP contribution in [0, 0.1) is 0 Å². The van der Waals surface area contributed by atoms with E-state index in [9.17, 15) is 4.79 Å². The number of halogens is 1. The number of hydrogen-bond acceptors (Lipinski definition) is 5. The number of ether oxygens (including phenoxy) is 1. The van der Waals surface area contributed by atoms with Crippen molar-refractivity contribution in [3.8, 4) is 10.6 Å². The lowest BCUT2D eigenvalue weighted by molar-refractivity contribution is -0.133. The van der Waals surface area contributed by atoms with E-state index in [-0.39, 0.29) is 5.91 Å². The Bertz CT molecular complexity index is 632. The molecule has 0 aliphatic carbocycles. The van der Waals surface area contributed by atoms with Gasteiger partial charge in [-0.2, -0.15) is 0 Å². The summed E-state index contributed by atoms with van der Waals surface area (Å²) in [4.78, 5) is 17.8. The first kappa shape index (κ1) is 14.2. The highest BCUT2D eigenvalue weighted by atomic mass is 79.9. The topological polar surface area (TPSA) is 51.2 Å². The van der Waals surface area contributed by atoms with Gasteiger partial charge in [-0.3, -0.25) is 10.1 Å². The van der Waals surface area contributed by atoms with Gasteiger partial charge in [0.15, 0.2) is 5.13 Å². The molecule has 3 rings (SSSR count). The number of amides is 1. The Morgan fingerprint density at radius 1 is 1.55 bits per heavy atom. The highest BCUT2D eigenvalue weighted by Crippen LogP contribution is 2.35.